The number of para-hydroxylation sites is 2. The van der Waals surface area contributed by atoms with Gasteiger partial charge in [0.05, 0.1) is 6.61 Å². The number of ether oxygens (including phenoxy) is 2. The van der Waals surface area contributed by atoms with E-state index in [1.54, 1.807) is 11.8 Å². The van der Waals surface area contributed by atoms with Gasteiger partial charge in [-0.3, -0.25) is 0 Å². The van der Waals surface area contributed by atoms with E-state index in [1.165, 1.54) is 5.56 Å². The quantitative estimate of drug-likeness (QED) is 0.924. The minimum Gasteiger partial charge on any atom is -0.493 e. The molecule has 1 N–H and O–H groups in total. The molecule has 0 amide bonds. The Balaban J connectivity index is 1.62. The fourth-order valence-corrected chi connectivity index (χ4v) is 3.89. The van der Waals surface area contributed by atoms with E-state index >= 15 is 0 Å². The first kappa shape index (κ1) is 13.0. The first-order valence-corrected chi connectivity index (χ1v) is 8.12. The maximum atomic E-state index is 10.7. The molecule has 2 heterocycles. The number of aliphatic hydroxyl groups is 1. The standard InChI is InChI=1S/C17H16O3S/c18-16(12-5-3-4-11-8-9-19-17(11)12)14-10-21-15-7-2-1-6-13(15)20-14/h1-7,14,16,18H,8-10H2. The molecule has 4 heteroatoms. The van der Waals surface area contributed by atoms with Crippen LogP contribution < -0.4 is 9.47 Å². The molecule has 2 aromatic carbocycles. The number of benzene rings is 2. The lowest BCUT2D eigenvalue weighted by Gasteiger charge is -2.29. The van der Waals surface area contributed by atoms with Crippen molar-refractivity contribution in [3.8, 4) is 11.5 Å². The van der Waals surface area contributed by atoms with Gasteiger partial charge in [-0.05, 0) is 17.7 Å². The van der Waals surface area contributed by atoms with Crippen molar-refractivity contribution in [2.45, 2.75) is 23.5 Å². The van der Waals surface area contributed by atoms with E-state index in [2.05, 4.69) is 6.07 Å². The van der Waals surface area contributed by atoms with E-state index in [1.807, 2.05) is 36.4 Å². The van der Waals surface area contributed by atoms with Crippen molar-refractivity contribution in [1.29, 1.82) is 0 Å². The summed E-state index contributed by atoms with van der Waals surface area (Å²) in [5.41, 5.74) is 2.02. The molecule has 2 aromatic rings. The molecule has 2 aliphatic rings. The van der Waals surface area contributed by atoms with E-state index in [-0.39, 0.29) is 6.10 Å². The number of fused-ring (bicyclic) bond motifs is 2. The molecule has 108 valence electrons. The summed E-state index contributed by atoms with van der Waals surface area (Å²) in [4.78, 5) is 1.13. The van der Waals surface area contributed by atoms with Crippen LogP contribution in [0.5, 0.6) is 11.5 Å². The monoisotopic (exact) mass is 300 g/mol. The zero-order valence-corrected chi connectivity index (χ0v) is 12.3. The van der Waals surface area contributed by atoms with Crippen LogP contribution in [0.25, 0.3) is 0 Å². The van der Waals surface area contributed by atoms with Gasteiger partial charge < -0.3 is 14.6 Å². The largest absolute Gasteiger partial charge is 0.493 e. The van der Waals surface area contributed by atoms with Gasteiger partial charge in [-0.15, -0.1) is 11.8 Å². The van der Waals surface area contributed by atoms with Crippen molar-refractivity contribution in [3.63, 3.8) is 0 Å². The van der Waals surface area contributed by atoms with Crippen molar-refractivity contribution in [3.05, 3.63) is 53.6 Å². The molecule has 2 atom stereocenters. The summed E-state index contributed by atoms with van der Waals surface area (Å²) in [5.74, 6) is 2.44. The van der Waals surface area contributed by atoms with E-state index in [4.69, 9.17) is 9.47 Å². The highest BCUT2D eigenvalue weighted by atomic mass is 32.2. The molecule has 0 bridgehead atoms. The van der Waals surface area contributed by atoms with Gasteiger partial charge in [-0.2, -0.15) is 0 Å². The minimum atomic E-state index is -0.668. The van der Waals surface area contributed by atoms with Gasteiger partial charge in [0.1, 0.15) is 23.7 Å². The van der Waals surface area contributed by atoms with Gasteiger partial charge in [0.2, 0.25) is 0 Å². The van der Waals surface area contributed by atoms with Crippen LogP contribution in [0.1, 0.15) is 17.2 Å². The molecule has 0 saturated carbocycles. The smallest absolute Gasteiger partial charge is 0.138 e. The van der Waals surface area contributed by atoms with E-state index < -0.39 is 6.10 Å². The summed E-state index contributed by atoms with van der Waals surface area (Å²) in [5, 5.41) is 10.7. The predicted molar refractivity (Wildman–Crippen MR) is 82.2 cm³/mol. The maximum absolute atomic E-state index is 10.7. The lowest BCUT2D eigenvalue weighted by molar-refractivity contribution is 0.0440. The molecule has 21 heavy (non-hydrogen) atoms. The van der Waals surface area contributed by atoms with Crippen molar-refractivity contribution in [1.82, 2.24) is 0 Å². The van der Waals surface area contributed by atoms with Crippen LogP contribution in [0.4, 0.5) is 0 Å². The second kappa shape index (κ2) is 5.28. The van der Waals surface area contributed by atoms with Gasteiger partial charge in [0, 0.05) is 22.6 Å². The zero-order chi connectivity index (χ0) is 14.2. The summed E-state index contributed by atoms with van der Waals surface area (Å²) in [6, 6.07) is 13.9. The van der Waals surface area contributed by atoms with Crippen molar-refractivity contribution >= 4 is 11.8 Å². The van der Waals surface area contributed by atoms with Gasteiger partial charge in [-0.25, -0.2) is 0 Å². The third kappa shape index (κ3) is 2.28. The second-order valence-corrected chi connectivity index (χ2v) is 6.35. The summed E-state index contributed by atoms with van der Waals surface area (Å²) in [7, 11) is 0. The Labute approximate surface area is 127 Å². The van der Waals surface area contributed by atoms with Crippen LogP contribution in [-0.4, -0.2) is 23.6 Å². The van der Waals surface area contributed by atoms with Crippen LogP contribution in [0, 0.1) is 0 Å². The number of rotatable bonds is 2. The first-order chi connectivity index (χ1) is 10.3. The summed E-state index contributed by atoms with van der Waals surface area (Å²) in [6.07, 6.45) is -0.00145. The minimum absolute atomic E-state index is 0.249. The molecule has 2 unspecified atom stereocenters. The summed E-state index contributed by atoms with van der Waals surface area (Å²) in [6.45, 7) is 0.697. The zero-order valence-electron chi connectivity index (χ0n) is 11.5. The molecule has 0 saturated heterocycles. The predicted octanol–water partition coefficient (Wildman–Crippen LogP) is 3.21. The Kier molecular flexibility index (Phi) is 3.28. The van der Waals surface area contributed by atoms with Crippen LogP contribution in [-0.2, 0) is 6.42 Å². The van der Waals surface area contributed by atoms with Gasteiger partial charge in [0.25, 0.3) is 0 Å². The molecule has 3 nitrogen and oxygen atoms in total. The molecule has 0 spiro atoms. The molecule has 0 radical (unpaired) electrons. The molecule has 0 aromatic heterocycles. The van der Waals surface area contributed by atoms with E-state index in [9.17, 15) is 5.11 Å². The third-order valence-corrected chi connectivity index (χ3v) is 5.09. The SMILES string of the molecule is OC(c1cccc2c1OCC2)C1CSc2ccccc2O1. The highest BCUT2D eigenvalue weighted by Gasteiger charge is 2.31. The molecular weight excluding hydrogens is 284 g/mol. The van der Waals surface area contributed by atoms with Crippen molar-refractivity contribution < 1.29 is 14.6 Å². The molecule has 2 aliphatic heterocycles. The normalized spacial score (nSPS) is 20.9. The van der Waals surface area contributed by atoms with E-state index in [0.29, 0.717) is 6.61 Å². The average molecular weight is 300 g/mol. The number of hydrogen-bond donors (Lipinski definition) is 1. The van der Waals surface area contributed by atoms with Crippen molar-refractivity contribution in [2.24, 2.45) is 0 Å². The third-order valence-electron chi connectivity index (χ3n) is 3.95. The maximum Gasteiger partial charge on any atom is 0.138 e. The molecule has 4 rings (SSSR count). The summed E-state index contributed by atoms with van der Waals surface area (Å²) < 4.78 is 11.7. The lowest BCUT2D eigenvalue weighted by Crippen LogP contribution is -2.30. The highest BCUT2D eigenvalue weighted by molar-refractivity contribution is 7.99. The van der Waals surface area contributed by atoms with Gasteiger partial charge >= 0.3 is 0 Å². The van der Waals surface area contributed by atoms with Crippen LogP contribution in [0.2, 0.25) is 0 Å². The highest BCUT2D eigenvalue weighted by Crippen LogP contribution is 2.41. The Bertz CT molecular complexity index is 671. The topological polar surface area (TPSA) is 38.7 Å². The Morgan fingerprint density at radius 1 is 1.14 bits per heavy atom. The number of thioether (sulfide) groups is 1. The van der Waals surface area contributed by atoms with Crippen LogP contribution >= 0.6 is 11.8 Å². The lowest BCUT2D eigenvalue weighted by atomic mass is 10.0. The Morgan fingerprint density at radius 2 is 2.05 bits per heavy atom. The fraction of sp³-hybridized carbons (Fsp3) is 0.294. The summed E-state index contributed by atoms with van der Waals surface area (Å²) >= 11 is 1.73. The Hall–Kier alpha value is -1.65. The van der Waals surface area contributed by atoms with Gasteiger partial charge in [-0.1, -0.05) is 30.3 Å². The molecule has 0 fully saturated rings. The molecule has 0 aliphatic carbocycles. The fourth-order valence-electron chi connectivity index (χ4n) is 2.87. The second-order valence-electron chi connectivity index (χ2n) is 5.29. The average Bonchev–Trinajstić information content (AvgIpc) is 3.02. The number of aliphatic hydroxyl groups excluding tert-OH is 1. The Morgan fingerprint density at radius 3 is 3.00 bits per heavy atom. The first-order valence-electron chi connectivity index (χ1n) is 7.14. The van der Waals surface area contributed by atoms with Crippen molar-refractivity contribution in [2.75, 3.05) is 12.4 Å². The van der Waals surface area contributed by atoms with Crippen LogP contribution in [0.3, 0.4) is 0 Å². The van der Waals surface area contributed by atoms with E-state index in [0.717, 1.165) is 34.1 Å². The van der Waals surface area contributed by atoms with Gasteiger partial charge in [0.15, 0.2) is 0 Å². The molecular formula is C17H16O3S. The number of hydrogen-bond acceptors (Lipinski definition) is 4. The van der Waals surface area contributed by atoms with Crippen LogP contribution in [0.15, 0.2) is 47.4 Å².